The van der Waals surface area contributed by atoms with Gasteiger partial charge < -0.3 is 10.2 Å². The maximum Gasteiger partial charge on any atom is 0.227 e. The van der Waals surface area contributed by atoms with Crippen molar-refractivity contribution < 1.29 is 9.59 Å². The molecule has 4 nitrogen and oxygen atoms in total. The summed E-state index contributed by atoms with van der Waals surface area (Å²) in [5.74, 6) is 0.607. The van der Waals surface area contributed by atoms with Crippen molar-refractivity contribution in [2.45, 2.75) is 72.3 Å². The lowest BCUT2D eigenvalue weighted by atomic mass is 9.71. The first-order valence-electron chi connectivity index (χ1n) is 10.5. The Morgan fingerprint density at radius 2 is 1.74 bits per heavy atom. The second-order valence-electron chi connectivity index (χ2n) is 9.35. The third-order valence-corrected chi connectivity index (χ3v) is 6.45. The minimum atomic E-state index is -0.233. The Balaban J connectivity index is 1.53. The Morgan fingerprint density at radius 3 is 2.30 bits per heavy atom. The molecule has 0 spiro atoms. The molecular formula is C23H34N2O2. The molecule has 1 N–H and O–H groups in total. The first-order chi connectivity index (χ1) is 12.8. The van der Waals surface area contributed by atoms with E-state index in [-0.39, 0.29) is 23.8 Å². The van der Waals surface area contributed by atoms with Gasteiger partial charge >= 0.3 is 0 Å². The molecule has 0 unspecified atom stereocenters. The van der Waals surface area contributed by atoms with Gasteiger partial charge in [0.25, 0.3) is 0 Å². The van der Waals surface area contributed by atoms with Gasteiger partial charge in [-0.15, -0.1) is 0 Å². The summed E-state index contributed by atoms with van der Waals surface area (Å²) in [5.41, 5.74) is 2.50. The summed E-state index contributed by atoms with van der Waals surface area (Å²) < 4.78 is 0. The van der Waals surface area contributed by atoms with Crippen LogP contribution in [0.3, 0.4) is 0 Å². The largest absolute Gasteiger partial charge is 0.353 e. The van der Waals surface area contributed by atoms with Crippen molar-refractivity contribution in [2.75, 3.05) is 11.4 Å². The number of hydrogen-bond acceptors (Lipinski definition) is 2. The third kappa shape index (κ3) is 4.72. The van der Waals surface area contributed by atoms with Crippen molar-refractivity contribution in [2.24, 2.45) is 17.3 Å². The lowest BCUT2D eigenvalue weighted by molar-refractivity contribution is -0.127. The molecule has 1 saturated carbocycles. The quantitative estimate of drug-likeness (QED) is 0.858. The summed E-state index contributed by atoms with van der Waals surface area (Å²) in [6, 6.07) is 8.37. The zero-order valence-corrected chi connectivity index (χ0v) is 17.3. The van der Waals surface area contributed by atoms with Crippen LogP contribution in [0.2, 0.25) is 0 Å². The standard InChI is InChI=1S/C23H34N2O2/c1-5-16-6-12-20(13-7-16)25-15-17(14-21(25)26)22(27)24-19-10-8-18(9-11-19)23(2,3)4/h6-7,12-13,17-19H,5,8-11,14-15H2,1-4H3,(H,24,27)/t17-,18?,19?/m1/s1. The number of nitrogens with one attached hydrogen (secondary N) is 1. The summed E-state index contributed by atoms with van der Waals surface area (Å²) in [4.78, 5) is 26.9. The van der Waals surface area contributed by atoms with Gasteiger partial charge in [0, 0.05) is 24.7 Å². The van der Waals surface area contributed by atoms with Crippen LogP contribution in [-0.2, 0) is 16.0 Å². The molecule has 0 radical (unpaired) electrons. The Labute approximate surface area is 163 Å². The van der Waals surface area contributed by atoms with E-state index in [1.807, 2.05) is 12.1 Å². The van der Waals surface area contributed by atoms with E-state index in [1.165, 1.54) is 18.4 Å². The SMILES string of the molecule is CCc1ccc(N2C[C@H](C(=O)NC3CCC(C(C)(C)C)CC3)CC2=O)cc1. The van der Waals surface area contributed by atoms with Crippen molar-refractivity contribution >= 4 is 17.5 Å². The van der Waals surface area contributed by atoms with Crippen LogP contribution >= 0.6 is 0 Å². The number of carbonyl (C=O) groups excluding carboxylic acids is 2. The van der Waals surface area contributed by atoms with Crippen molar-refractivity contribution in [3.8, 4) is 0 Å². The monoisotopic (exact) mass is 370 g/mol. The van der Waals surface area contributed by atoms with Gasteiger partial charge in [-0.25, -0.2) is 0 Å². The van der Waals surface area contributed by atoms with Crippen molar-refractivity contribution in [1.29, 1.82) is 0 Å². The van der Waals surface area contributed by atoms with Crippen molar-refractivity contribution in [1.82, 2.24) is 5.32 Å². The Kier molecular flexibility index (Phi) is 5.92. The fourth-order valence-electron chi connectivity index (χ4n) is 4.47. The van der Waals surface area contributed by atoms with Gasteiger partial charge in [0.15, 0.2) is 0 Å². The van der Waals surface area contributed by atoms with Gasteiger partial charge in [-0.2, -0.15) is 0 Å². The van der Waals surface area contributed by atoms with Gasteiger partial charge in [0.2, 0.25) is 11.8 Å². The molecule has 1 heterocycles. The molecule has 1 atom stereocenters. The van der Waals surface area contributed by atoms with E-state index in [2.05, 4.69) is 45.1 Å². The number of aryl methyl sites for hydroxylation is 1. The number of anilines is 1. The summed E-state index contributed by atoms with van der Waals surface area (Å²) in [6.45, 7) is 9.53. The van der Waals surface area contributed by atoms with E-state index in [1.54, 1.807) is 4.90 Å². The maximum atomic E-state index is 12.7. The van der Waals surface area contributed by atoms with E-state index in [0.717, 1.165) is 30.9 Å². The average molecular weight is 371 g/mol. The number of hydrogen-bond donors (Lipinski definition) is 1. The molecule has 27 heavy (non-hydrogen) atoms. The lowest BCUT2D eigenvalue weighted by Gasteiger charge is -2.37. The summed E-state index contributed by atoms with van der Waals surface area (Å²) >= 11 is 0. The van der Waals surface area contributed by atoms with Crippen LogP contribution in [0.15, 0.2) is 24.3 Å². The first-order valence-corrected chi connectivity index (χ1v) is 10.5. The molecule has 2 fully saturated rings. The first kappa shape index (κ1) is 19.9. The summed E-state index contributed by atoms with van der Waals surface area (Å²) in [6.07, 6.45) is 5.75. The summed E-state index contributed by atoms with van der Waals surface area (Å²) in [5, 5.41) is 3.23. The topological polar surface area (TPSA) is 49.4 Å². The number of carbonyl (C=O) groups is 2. The minimum absolute atomic E-state index is 0.0511. The highest BCUT2D eigenvalue weighted by molar-refractivity contribution is 6.00. The molecule has 1 aromatic carbocycles. The molecule has 2 amide bonds. The average Bonchev–Trinajstić information content (AvgIpc) is 3.03. The van der Waals surface area contributed by atoms with Gasteiger partial charge in [-0.05, 0) is 61.1 Å². The molecule has 1 saturated heterocycles. The maximum absolute atomic E-state index is 12.7. The Morgan fingerprint density at radius 1 is 1.11 bits per heavy atom. The van der Waals surface area contributed by atoms with Crippen LogP contribution in [0.4, 0.5) is 5.69 Å². The van der Waals surface area contributed by atoms with E-state index in [0.29, 0.717) is 18.4 Å². The zero-order valence-electron chi connectivity index (χ0n) is 17.3. The van der Waals surface area contributed by atoms with Gasteiger partial charge in [0.1, 0.15) is 0 Å². The number of benzene rings is 1. The fourth-order valence-corrected chi connectivity index (χ4v) is 4.47. The number of nitrogens with zero attached hydrogens (tertiary/aromatic N) is 1. The van der Waals surface area contributed by atoms with Crippen LogP contribution in [0.5, 0.6) is 0 Å². The molecule has 1 aliphatic carbocycles. The molecule has 3 rings (SSSR count). The number of rotatable bonds is 4. The lowest BCUT2D eigenvalue weighted by Crippen LogP contribution is -2.42. The van der Waals surface area contributed by atoms with Crippen LogP contribution in [0.25, 0.3) is 0 Å². The molecule has 1 aliphatic heterocycles. The van der Waals surface area contributed by atoms with E-state index in [4.69, 9.17) is 0 Å². The molecule has 148 valence electrons. The minimum Gasteiger partial charge on any atom is -0.353 e. The summed E-state index contributed by atoms with van der Waals surface area (Å²) in [7, 11) is 0. The second-order valence-corrected chi connectivity index (χ2v) is 9.35. The number of amides is 2. The molecule has 2 aliphatic rings. The van der Waals surface area contributed by atoms with Gasteiger partial charge in [-0.3, -0.25) is 9.59 Å². The van der Waals surface area contributed by atoms with Crippen LogP contribution in [0.1, 0.15) is 65.4 Å². The zero-order chi connectivity index (χ0) is 19.6. The molecule has 1 aromatic rings. The third-order valence-electron chi connectivity index (χ3n) is 6.45. The van der Waals surface area contributed by atoms with Gasteiger partial charge in [0.05, 0.1) is 5.92 Å². The second kappa shape index (κ2) is 8.04. The predicted octanol–water partition coefficient (Wildman–Crippen LogP) is 4.32. The van der Waals surface area contributed by atoms with Gasteiger partial charge in [-0.1, -0.05) is 39.8 Å². The predicted molar refractivity (Wildman–Crippen MR) is 110 cm³/mol. The van der Waals surface area contributed by atoms with E-state index >= 15 is 0 Å². The van der Waals surface area contributed by atoms with E-state index in [9.17, 15) is 9.59 Å². The molecule has 0 bridgehead atoms. The normalized spacial score (nSPS) is 26.3. The van der Waals surface area contributed by atoms with Crippen LogP contribution in [-0.4, -0.2) is 24.4 Å². The molecule has 0 aromatic heterocycles. The highest BCUT2D eigenvalue weighted by Gasteiger charge is 2.37. The Bertz CT molecular complexity index is 667. The highest BCUT2D eigenvalue weighted by atomic mass is 16.2. The smallest absolute Gasteiger partial charge is 0.227 e. The van der Waals surface area contributed by atoms with Crippen LogP contribution < -0.4 is 10.2 Å². The highest BCUT2D eigenvalue weighted by Crippen LogP contribution is 2.38. The Hall–Kier alpha value is -1.84. The van der Waals surface area contributed by atoms with Crippen molar-refractivity contribution in [3.63, 3.8) is 0 Å². The molecule has 4 heteroatoms. The van der Waals surface area contributed by atoms with Crippen molar-refractivity contribution in [3.05, 3.63) is 29.8 Å². The fraction of sp³-hybridized carbons (Fsp3) is 0.652. The molecular weight excluding hydrogens is 336 g/mol. The van der Waals surface area contributed by atoms with E-state index < -0.39 is 0 Å². The van der Waals surface area contributed by atoms with Crippen LogP contribution in [0, 0.1) is 17.3 Å².